The zero-order valence-electron chi connectivity index (χ0n) is 16.9. The lowest BCUT2D eigenvalue weighted by atomic mass is 9.99. The van der Waals surface area contributed by atoms with Crippen molar-refractivity contribution in [2.45, 2.75) is 25.3 Å². The van der Waals surface area contributed by atoms with Gasteiger partial charge in [0, 0.05) is 38.2 Å². The van der Waals surface area contributed by atoms with Crippen molar-refractivity contribution < 1.29 is 14.3 Å². The number of nitrogens with zero attached hydrogens (tertiary/aromatic N) is 3. The van der Waals surface area contributed by atoms with Gasteiger partial charge >= 0.3 is 0 Å². The second kappa shape index (κ2) is 8.65. The highest BCUT2D eigenvalue weighted by atomic mass is 16.6. The molecule has 0 spiro atoms. The molecule has 0 radical (unpaired) electrons. The fraction of sp³-hybridized carbons (Fsp3) is 0.476. The van der Waals surface area contributed by atoms with Crippen LogP contribution in [0.2, 0.25) is 0 Å². The van der Waals surface area contributed by atoms with Gasteiger partial charge in [-0.05, 0) is 37.6 Å². The second-order valence-electron chi connectivity index (χ2n) is 7.42. The number of fused-ring (bicyclic) bond motifs is 1. The zero-order chi connectivity index (χ0) is 20.2. The quantitative estimate of drug-likeness (QED) is 0.798. The lowest BCUT2D eigenvalue weighted by Gasteiger charge is -2.23. The van der Waals surface area contributed by atoms with Crippen LogP contribution in [-0.4, -0.2) is 61.2 Å². The highest BCUT2D eigenvalue weighted by Gasteiger charge is 2.21. The lowest BCUT2D eigenvalue weighted by Crippen LogP contribution is -2.30. The number of benzene rings is 1. The molecule has 1 unspecified atom stereocenters. The first-order chi connectivity index (χ1) is 14.1. The molecule has 3 heterocycles. The second-order valence-corrected chi connectivity index (χ2v) is 7.42. The summed E-state index contributed by atoms with van der Waals surface area (Å²) in [6, 6.07) is 7.19. The smallest absolute Gasteiger partial charge is 0.254 e. The Labute approximate surface area is 170 Å². The summed E-state index contributed by atoms with van der Waals surface area (Å²) in [5.41, 5.74) is 1.38. The van der Waals surface area contributed by atoms with Crippen molar-refractivity contribution in [2.24, 2.45) is 0 Å². The van der Waals surface area contributed by atoms with Crippen LogP contribution >= 0.6 is 0 Å². The molecule has 2 aliphatic rings. The third-order valence-electron chi connectivity index (χ3n) is 5.25. The minimum absolute atomic E-state index is 0.0903. The van der Waals surface area contributed by atoms with Crippen LogP contribution in [0.15, 0.2) is 24.3 Å². The van der Waals surface area contributed by atoms with Crippen molar-refractivity contribution >= 4 is 11.7 Å². The van der Waals surface area contributed by atoms with Crippen LogP contribution in [0.1, 0.15) is 40.6 Å². The molecule has 1 aromatic carbocycles. The number of carbonyl (C=O) groups excluding carboxylic acids is 1. The third-order valence-corrected chi connectivity index (χ3v) is 5.25. The summed E-state index contributed by atoms with van der Waals surface area (Å²) in [5.74, 6) is 3.11. The molecule has 2 N–H and O–H groups in total. The maximum absolute atomic E-state index is 12.9. The highest BCUT2D eigenvalue weighted by molar-refractivity contribution is 5.94. The van der Waals surface area contributed by atoms with E-state index in [-0.39, 0.29) is 5.91 Å². The Hall–Kier alpha value is -2.87. The molecule has 1 amide bonds. The molecule has 2 aromatic rings. The molecule has 1 atom stereocenters. The number of aromatic nitrogens is 2. The number of carbonyl (C=O) groups is 1. The number of anilines is 1. The molecule has 1 aromatic heterocycles. The van der Waals surface area contributed by atoms with Gasteiger partial charge in [0.1, 0.15) is 24.9 Å². The molecule has 8 nitrogen and oxygen atoms in total. The molecule has 1 saturated heterocycles. The van der Waals surface area contributed by atoms with Crippen LogP contribution in [0.3, 0.4) is 0 Å². The molecular formula is C21H27N5O3. The third kappa shape index (κ3) is 4.42. The van der Waals surface area contributed by atoms with Gasteiger partial charge < -0.3 is 25.0 Å². The van der Waals surface area contributed by atoms with Gasteiger partial charge in [-0.25, -0.2) is 9.97 Å². The molecule has 29 heavy (non-hydrogen) atoms. The SMILES string of the molecule is CNc1cc(CN(C)C(=O)c2ccc3c(c2)OCCO3)nc(C2CCCNC2)n1. The van der Waals surface area contributed by atoms with E-state index >= 15 is 0 Å². The van der Waals surface area contributed by atoms with Crippen LogP contribution in [-0.2, 0) is 6.54 Å². The molecule has 154 valence electrons. The maximum Gasteiger partial charge on any atom is 0.254 e. The lowest BCUT2D eigenvalue weighted by molar-refractivity contribution is 0.0782. The van der Waals surface area contributed by atoms with Crippen LogP contribution < -0.4 is 20.1 Å². The Kier molecular flexibility index (Phi) is 5.80. The first kappa shape index (κ1) is 19.4. The van der Waals surface area contributed by atoms with Gasteiger partial charge in [0.05, 0.1) is 12.2 Å². The summed E-state index contributed by atoms with van der Waals surface area (Å²) >= 11 is 0. The maximum atomic E-state index is 12.9. The number of ether oxygens (including phenoxy) is 2. The van der Waals surface area contributed by atoms with E-state index in [0.29, 0.717) is 42.7 Å². The number of hydrogen-bond acceptors (Lipinski definition) is 7. The van der Waals surface area contributed by atoms with E-state index in [2.05, 4.69) is 15.6 Å². The predicted molar refractivity (Wildman–Crippen MR) is 110 cm³/mol. The van der Waals surface area contributed by atoms with E-state index in [0.717, 1.165) is 43.3 Å². The van der Waals surface area contributed by atoms with Gasteiger partial charge in [0.15, 0.2) is 11.5 Å². The highest BCUT2D eigenvalue weighted by Crippen LogP contribution is 2.31. The number of nitrogens with one attached hydrogen (secondary N) is 2. The normalized spacial score (nSPS) is 18.2. The average molecular weight is 397 g/mol. The minimum Gasteiger partial charge on any atom is -0.486 e. The molecular weight excluding hydrogens is 370 g/mol. The molecule has 0 bridgehead atoms. The van der Waals surface area contributed by atoms with Crippen LogP contribution in [0.25, 0.3) is 0 Å². The predicted octanol–water partition coefficient (Wildman–Crippen LogP) is 2.03. The summed E-state index contributed by atoms with van der Waals surface area (Å²) in [6.07, 6.45) is 2.20. The Morgan fingerprint density at radius 1 is 1.24 bits per heavy atom. The topological polar surface area (TPSA) is 88.6 Å². The van der Waals surface area contributed by atoms with Crippen molar-refractivity contribution in [1.82, 2.24) is 20.2 Å². The summed E-state index contributed by atoms with van der Waals surface area (Å²) in [4.78, 5) is 24.0. The molecule has 8 heteroatoms. The molecule has 0 saturated carbocycles. The van der Waals surface area contributed by atoms with Crippen molar-refractivity contribution in [1.29, 1.82) is 0 Å². The van der Waals surface area contributed by atoms with Crippen molar-refractivity contribution in [3.8, 4) is 11.5 Å². The van der Waals surface area contributed by atoms with Gasteiger partial charge in [-0.2, -0.15) is 0 Å². The molecule has 1 fully saturated rings. The molecule has 2 aliphatic heterocycles. The van der Waals surface area contributed by atoms with E-state index in [1.807, 2.05) is 13.1 Å². The summed E-state index contributed by atoms with van der Waals surface area (Å²) in [6.45, 7) is 3.35. The Morgan fingerprint density at radius 3 is 2.83 bits per heavy atom. The number of hydrogen-bond donors (Lipinski definition) is 2. The van der Waals surface area contributed by atoms with E-state index < -0.39 is 0 Å². The summed E-state index contributed by atoms with van der Waals surface area (Å²) in [7, 11) is 3.63. The fourth-order valence-electron chi connectivity index (χ4n) is 3.69. The van der Waals surface area contributed by atoms with Crippen molar-refractivity contribution in [3.63, 3.8) is 0 Å². The molecule has 4 rings (SSSR count). The fourth-order valence-corrected chi connectivity index (χ4v) is 3.69. The van der Waals surface area contributed by atoms with E-state index in [1.54, 1.807) is 30.1 Å². The minimum atomic E-state index is -0.0903. The van der Waals surface area contributed by atoms with Gasteiger partial charge in [0.25, 0.3) is 5.91 Å². The van der Waals surface area contributed by atoms with Gasteiger partial charge in [0.2, 0.25) is 0 Å². The molecule has 0 aliphatic carbocycles. The summed E-state index contributed by atoms with van der Waals surface area (Å²) < 4.78 is 11.1. The van der Waals surface area contributed by atoms with Crippen LogP contribution in [0, 0.1) is 0 Å². The van der Waals surface area contributed by atoms with Crippen molar-refractivity contribution in [3.05, 3.63) is 41.3 Å². The Balaban J connectivity index is 1.51. The summed E-state index contributed by atoms with van der Waals surface area (Å²) in [5, 5.41) is 6.52. The van der Waals surface area contributed by atoms with Crippen molar-refractivity contribution in [2.75, 3.05) is 45.7 Å². The first-order valence-corrected chi connectivity index (χ1v) is 10.1. The van der Waals surface area contributed by atoms with E-state index in [1.165, 1.54) is 0 Å². The number of piperidine rings is 1. The van der Waals surface area contributed by atoms with Gasteiger partial charge in [-0.15, -0.1) is 0 Å². The monoisotopic (exact) mass is 397 g/mol. The largest absolute Gasteiger partial charge is 0.486 e. The average Bonchev–Trinajstić information content (AvgIpc) is 2.78. The number of amides is 1. The van der Waals surface area contributed by atoms with Gasteiger partial charge in [-0.1, -0.05) is 0 Å². The standard InChI is InChI=1S/C21H27N5O3/c1-22-19-11-16(24-20(25-19)15-4-3-7-23-12-15)13-26(2)21(27)14-5-6-17-18(10-14)29-9-8-28-17/h5-6,10-11,15,23H,3-4,7-9,12-13H2,1-2H3,(H,22,24,25). The van der Waals surface area contributed by atoms with Crippen LogP contribution in [0.5, 0.6) is 11.5 Å². The first-order valence-electron chi connectivity index (χ1n) is 10.1. The van der Waals surface area contributed by atoms with E-state index in [4.69, 9.17) is 14.5 Å². The zero-order valence-corrected chi connectivity index (χ0v) is 16.9. The van der Waals surface area contributed by atoms with E-state index in [9.17, 15) is 4.79 Å². The number of rotatable bonds is 5. The Bertz CT molecular complexity index is 883. The Morgan fingerprint density at radius 2 is 2.07 bits per heavy atom. The van der Waals surface area contributed by atoms with Crippen LogP contribution in [0.4, 0.5) is 5.82 Å². The van der Waals surface area contributed by atoms with Gasteiger partial charge in [-0.3, -0.25) is 4.79 Å².